The second-order valence-electron chi connectivity index (χ2n) is 6.31. The molecular formula is C19H16ClNO3. The topological polar surface area (TPSA) is 57.6 Å². The minimum absolute atomic E-state index is 0.0916. The Kier molecular flexibility index (Phi) is 3.57. The number of carboxylic acid groups (broad SMARTS) is 1. The quantitative estimate of drug-likeness (QED) is 0.922. The van der Waals surface area contributed by atoms with E-state index >= 15 is 0 Å². The van der Waals surface area contributed by atoms with E-state index in [4.69, 9.17) is 11.6 Å². The molecule has 5 heteroatoms. The van der Waals surface area contributed by atoms with Crippen LogP contribution in [-0.2, 0) is 4.79 Å². The highest BCUT2D eigenvalue weighted by Gasteiger charge is 2.49. The number of benzene rings is 2. The molecule has 1 heterocycles. The predicted molar refractivity (Wildman–Crippen MR) is 90.2 cm³/mol. The van der Waals surface area contributed by atoms with Crippen LogP contribution < -0.4 is 0 Å². The molecule has 24 heavy (non-hydrogen) atoms. The van der Waals surface area contributed by atoms with E-state index in [1.165, 1.54) is 0 Å². The van der Waals surface area contributed by atoms with E-state index in [9.17, 15) is 14.7 Å². The molecule has 1 fully saturated rings. The summed E-state index contributed by atoms with van der Waals surface area (Å²) in [5.41, 5.74) is 1.75. The molecule has 122 valence electrons. The Labute approximate surface area is 144 Å². The first-order chi connectivity index (χ1) is 11.6. The summed E-state index contributed by atoms with van der Waals surface area (Å²) >= 11 is 6.36. The van der Waals surface area contributed by atoms with Crippen LogP contribution in [0.5, 0.6) is 0 Å². The Morgan fingerprint density at radius 1 is 1.04 bits per heavy atom. The van der Waals surface area contributed by atoms with Crippen LogP contribution in [0.4, 0.5) is 0 Å². The van der Waals surface area contributed by atoms with Gasteiger partial charge in [0.15, 0.2) is 0 Å². The van der Waals surface area contributed by atoms with Crippen LogP contribution in [0.2, 0.25) is 5.02 Å². The lowest BCUT2D eigenvalue weighted by molar-refractivity contribution is -0.140. The van der Waals surface area contributed by atoms with E-state index in [2.05, 4.69) is 0 Å². The van der Waals surface area contributed by atoms with Crippen LogP contribution in [0.15, 0.2) is 48.5 Å². The summed E-state index contributed by atoms with van der Waals surface area (Å²) in [5.74, 6) is -1.86. The Morgan fingerprint density at radius 2 is 1.67 bits per heavy atom. The fourth-order valence-electron chi connectivity index (χ4n) is 3.62. The Hall–Kier alpha value is -2.33. The third-order valence-corrected chi connectivity index (χ3v) is 5.15. The third-order valence-electron chi connectivity index (χ3n) is 4.81. The number of amides is 1. The molecule has 0 aromatic heterocycles. The number of carbonyl (C=O) groups excluding carboxylic acids is 1. The summed E-state index contributed by atoms with van der Waals surface area (Å²) in [4.78, 5) is 26.9. The van der Waals surface area contributed by atoms with Crippen molar-refractivity contribution < 1.29 is 14.7 Å². The molecule has 2 aliphatic rings. The number of halogens is 1. The van der Waals surface area contributed by atoms with Gasteiger partial charge in [0.05, 0.1) is 6.04 Å². The summed E-state index contributed by atoms with van der Waals surface area (Å²) in [6.45, 7) is 0. The molecule has 1 aliphatic carbocycles. The monoisotopic (exact) mass is 341 g/mol. The van der Waals surface area contributed by atoms with Crippen molar-refractivity contribution in [1.29, 1.82) is 0 Å². The maximum absolute atomic E-state index is 13.1. The van der Waals surface area contributed by atoms with Gasteiger partial charge in [0.1, 0.15) is 5.92 Å². The van der Waals surface area contributed by atoms with Gasteiger partial charge in [-0.2, -0.15) is 0 Å². The molecule has 0 bridgehead atoms. The molecule has 2 aromatic rings. The van der Waals surface area contributed by atoms with Gasteiger partial charge in [-0.05, 0) is 36.1 Å². The smallest absolute Gasteiger partial charge is 0.313 e. The number of fused-ring (bicyclic) bond motifs is 1. The molecule has 0 radical (unpaired) electrons. The van der Waals surface area contributed by atoms with Gasteiger partial charge in [-0.25, -0.2) is 0 Å². The standard InChI is InChI=1S/C19H16ClNO3/c20-15-8-4-3-7-14(15)17-16(19(23)24)12-5-1-2-6-13(12)18(22)21(17)11-9-10-11/h1-8,11,16-17H,9-10H2,(H,23,24)/t16-,17-/m1/s1. The number of hydrogen-bond donors (Lipinski definition) is 1. The molecule has 4 rings (SSSR count). The van der Waals surface area contributed by atoms with Crippen molar-refractivity contribution in [2.24, 2.45) is 0 Å². The van der Waals surface area contributed by atoms with Crippen molar-refractivity contribution >= 4 is 23.5 Å². The molecule has 4 nitrogen and oxygen atoms in total. The molecule has 2 atom stereocenters. The van der Waals surface area contributed by atoms with Crippen molar-refractivity contribution in [3.05, 3.63) is 70.2 Å². The minimum Gasteiger partial charge on any atom is -0.481 e. The van der Waals surface area contributed by atoms with Gasteiger partial charge in [-0.15, -0.1) is 0 Å². The van der Waals surface area contributed by atoms with Crippen molar-refractivity contribution in [1.82, 2.24) is 4.90 Å². The summed E-state index contributed by atoms with van der Waals surface area (Å²) in [6.07, 6.45) is 1.81. The van der Waals surface area contributed by atoms with Gasteiger partial charge in [-0.1, -0.05) is 48.0 Å². The first kappa shape index (κ1) is 15.2. The molecular weight excluding hydrogens is 326 g/mol. The van der Waals surface area contributed by atoms with Gasteiger partial charge in [0, 0.05) is 16.6 Å². The number of nitrogens with zero attached hydrogens (tertiary/aromatic N) is 1. The number of carboxylic acids is 1. The second-order valence-corrected chi connectivity index (χ2v) is 6.72. The van der Waals surface area contributed by atoms with E-state index < -0.39 is 17.9 Å². The number of hydrogen-bond acceptors (Lipinski definition) is 2. The molecule has 0 unspecified atom stereocenters. The zero-order valence-electron chi connectivity index (χ0n) is 12.9. The first-order valence-electron chi connectivity index (χ1n) is 7.98. The van der Waals surface area contributed by atoms with Crippen molar-refractivity contribution in [3.63, 3.8) is 0 Å². The third kappa shape index (κ3) is 2.29. The van der Waals surface area contributed by atoms with Crippen LogP contribution in [-0.4, -0.2) is 27.9 Å². The maximum atomic E-state index is 13.1. The molecule has 1 N–H and O–H groups in total. The molecule has 2 aromatic carbocycles. The fourth-order valence-corrected chi connectivity index (χ4v) is 3.86. The predicted octanol–water partition coefficient (Wildman–Crippen LogP) is 3.87. The van der Waals surface area contributed by atoms with Crippen molar-refractivity contribution in [2.45, 2.75) is 30.8 Å². The molecule has 0 saturated heterocycles. The summed E-state index contributed by atoms with van der Waals surface area (Å²) < 4.78 is 0. The first-order valence-corrected chi connectivity index (χ1v) is 8.36. The lowest BCUT2D eigenvalue weighted by atomic mass is 9.79. The normalized spacial score (nSPS) is 23.0. The number of aliphatic carboxylic acids is 1. The van der Waals surface area contributed by atoms with E-state index in [-0.39, 0.29) is 11.9 Å². The fraction of sp³-hybridized carbons (Fsp3) is 0.263. The Bertz CT molecular complexity index is 831. The van der Waals surface area contributed by atoms with Gasteiger partial charge < -0.3 is 10.0 Å². The van der Waals surface area contributed by atoms with Crippen molar-refractivity contribution in [2.75, 3.05) is 0 Å². The second kappa shape index (κ2) is 5.64. The average Bonchev–Trinajstić information content (AvgIpc) is 3.39. The number of rotatable bonds is 3. The highest BCUT2D eigenvalue weighted by atomic mass is 35.5. The van der Waals surface area contributed by atoms with Gasteiger partial charge >= 0.3 is 5.97 Å². The molecule has 1 amide bonds. The highest BCUT2D eigenvalue weighted by molar-refractivity contribution is 6.31. The van der Waals surface area contributed by atoms with E-state index in [0.717, 1.165) is 12.8 Å². The van der Waals surface area contributed by atoms with E-state index in [1.807, 2.05) is 18.2 Å². The van der Waals surface area contributed by atoms with E-state index in [1.54, 1.807) is 35.2 Å². The zero-order valence-corrected chi connectivity index (χ0v) is 13.6. The van der Waals surface area contributed by atoms with Crippen LogP contribution >= 0.6 is 11.6 Å². The summed E-state index contributed by atoms with van der Waals surface area (Å²) in [5, 5.41) is 10.4. The molecule has 1 aliphatic heterocycles. The lowest BCUT2D eigenvalue weighted by Gasteiger charge is -2.41. The summed E-state index contributed by atoms with van der Waals surface area (Å²) in [7, 11) is 0. The maximum Gasteiger partial charge on any atom is 0.313 e. The largest absolute Gasteiger partial charge is 0.481 e. The van der Waals surface area contributed by atoms with Crippen LogP contribution in [0.1, 0.15) is 46.3 Å². The Morgan fingerprint density at radius 3 is 2.29 bits per heavy atom. The van der Waals surface area contributed by atoms with Crippen LogP contribution in [0, 0.1) is 0 Å². The molecule has 1 saturated carbocycles. The zero-order chi connectivity index (χ0) is 16.8. The summed E-state index contributed by atoms with van der Waals surface area (Å²) in [6, 6.07) is 13.7. The van der Waals surface area contributed by atoms with Crippen LogP contribution in [0.25, 0.3) is 0 Å². The van der Waals surface area contributed by atoms with Crippen LogP contribution in [0.3, 0.4) is 0 Å². The SMILES string of the molecule is O=C(O)[C@@H]1c2ccccc2C(=O)N(C2CC2)[C@@H]1c1ccccc1Cl. The lowest BCUT2D eigenvalue weighted by Crippen LogP contribution is -2.46. The average molecular weight is 342 g/mol. The van der Waals surface area contributed by atoms with Crippen molar-refractivity contribution in [3.8, 4) is 0 Å². The highest BCUT2D eigenvalue weighted by Crippen LogP contribution is 2.48. The molecule has 0 spiro atoms. The minimum atomic E-state index is -0.939. The van der Waals surface area contributed by atoms with E-state index in [0.29, 0.717) is 21.7 Å². The van der Waals surface area contributed by atoms with Gasteiger partial charge in [-0.3, -0.25) is 9.59 Å². The number of carbonyl (C=O) groups is 2. The van der Waals surface area contributed by atoms with Gasteiger partial charge in [0.2, 0.25) is 0 Å². The van der Waals surface area contributed by atoms with Gasteiger partial charge in [0.25, 0.3) is 5.91 Å². The Balaban J connectivity index is 1.95.